The molecule has 0 radical (unpaired) electrons. The number of nitro benzene ring substituents is 1. The van der Waals surface area contributed by atoms with E-state index in [0.717, 1.165) is 5.69 Å². The molecule has 110 valence electrons. The van der Waals surface area contributed by atoms with E-state index in [9.17, 15) is 15.2 Å². The summed E-state index contributed by atoms with van der Waals surface area (Å²) in [5.74, 6) is 0.605. The Morgan fingerprint density at radius 3 is 2.67 bits per heavy atom. The first kappa shape index (κ1) is 14.8. The number of aliphatic hydroxyl groups excluding tert-OH is 1. The predicted octanol–water partition coefficient (Wildman–Crippen LogP) is 2.71. The Morgan fingerprint density at radius 2 is 2.00 bits per heavy atom. The molecule has 21 heavy (non-hydrogen) atoms. The van der Waals surface area contributed by atoms with Gasteiger partial charge in [0.2, 0.25) is 0 Å². The van der Waals surface area contributed by atoms with Gasteiger partial charge in [-0.2, -0.15) is 0 Å². The Kier molecular flexibility index (Phi) is 4.73. The smallest absolute Gasteiger partial charge is 0.274 e. The molecule has 6 nitrogen and oxygen atoms in total. The van der Waals surface area contributed by atoms with Crippen LogP contribution in [0.5, 0.6) is 5.75 Å². The molecule has 0 aliphatic carbocycles. The highest BCUT2D eigenvalue weighted by atomic mass is 16.6. The van der Waals surface area contributed by atoms with E-state index >= 15 is 0 Å². The van der Waals surface area contributed by atoms with E-state index in [1.165, 1.54) is 13.2 Å². The standard InChI is InChI=1S/C15H16N2O4/c1-21-15-7-6-13(8-12(15)10-18)16-9-11-4-2-3-5-14(11)17(19)20/h2-8,16,18H,9-10H2,1H3. The summed E-state index contributed by atoms with van der Waals surface area (Å²) in [6.45, 7) is 0.193. The molecular formula is C15H16N2O4. The van der Waals surface area contributed by atoms with Crippen LogP contribution in [0.3, 0.4) is 0 Å². The largest absolute Gasteiger partial charge is 0.496 e. The van der Waals surface area contributed by atoms with Gasteiger partial charge in [-0.3, -0.25) is 10.1 Å². The first-order valence-electron chi connectivity index (χ1n) is 6.39. The van der Waals surface area contributed by atoms with Crippen LogP contribution in [-0.2, 0) is 13.2 Å². The Labute approximate surface area is 122 Å². The molecule has 0 aliphatic rings. The minimum atomic E-state index is -0.399. The van der Waals surface area contributed by atoms with Crippen LogP contribution in [0.2, 0.25) is 0 Å². The van der Waals surface area contributed by atoms with Crippen molar-refractivity contribution in [2.45, 2.75) is 13.2 Å². The lowest BCUT2D eigenvalue weighted by Crippen LogP contribution is -2.03. The van der Waals surface area contributed by atoms with Crippen molar-refractivity contribution < 1.29 is 14.8 Å². The van der Waals surface area contributed by atoms with Crippen LogP contribution in [0, 0.1) is 10.1 Å². The topological polar surface area (TPSA) is 84.6 Å². The second-order valence-electron chi connectivity index (χ2n) is 4.42. The molecule has 2 rings (SSSR count). The summed E-state index contributed by atoms with van der Waals surface area (Å²) in [6.07, 6.45) is 0. The fourth-order valence-corrected chi connectivity index (χ4v) is 2.05. The number of benzene rings is 2. The van der Waals surface area contributed by atoms with Crippen LogP contribution in [0.25, 0.3) is 0 Å². The van der Waals surface area contributed by atoms with Gasteiger partial charge in [-0.25, -0.2) is 0 Å². The Bertz CT molecular complexity index is 643. The number of ether oxygens (including phenoxy) is 1. The number of methoxy groups -OCH3 is 1. The van der Waals surface area contributed by atoms with Gasteiger partial charge in [0, 0.05) is 29.4 Å². The second kappa shape index (κ2) is 6.71. The van der Waals surface area contributed by atoms with Crippen LogP contribution in [-0.4, -0.2) is 17.1 Å². The van der Waals surface area contributed by atoms with E-state index < -0.39 is 4.92 Å². The molecule has 0 fully saturated rings. The van der Waals surface area contributed by atoms with Gasteiger partial charge >= 0.3 is 0 Å². The molecular weight excluding hydrogens is 272 g/mol. The molecule has 0 spiro atoms. The van der Waals surface area contributed by atoms with Crippen molar-refractivity contribution in [2.24, 2.45) is 0 Å². The van der Waals surface area contributed by atoms with Gasteiger partial charge in [0.1, 0.15) is 5.75 Å². The van der Waals surface area contributed by atoms with Crippen molar-refractivity contribution in [3.8, 4) is 5.75 Å². The average Bonchev–Trinajstić information content (AvgIpc) is 2.52. The van der Waals surface area contributed by atoms with E-state index in [-0.39, 0.29) is 12.3 Å². The normalized spacial score (nSPS) is 10.2. The molecule has 0 saturated heterocycles. The lowest BCUT2D eigenvalue weighted by molar-refractivity contribution is -0.385. The molecule has 0 atom stereocenters. The zero-order valence-corrected chi connectivity index (χ0v) is 11.6. The minimum Gasteiger partial charge on any atom is -0.496 e. The SMILES string of the molecule is COc1ccc(NCc2ccccc2[N+](=O)[O-])cc1CO. The van der Waals surface area contributed by atoms with Gasteiger partial charge in [0.25, 0.3) is 5.69 Å². The van der Waals surface area contributed by atoms with Crippen molar-refractivity contribution in [1.29, 1.82) is 0 Å². The van der Waals surface area contributed by atoms with E-state index in [0.29, 0.717) is 23.4 Å². The van der Waals surface area contributed by atoms with Gasteiger partial charge in [-0.05, 0) is 18.2 Å². The molecule has 2 N–H and O–H groups in total. The minimum absolute atomic E-state index is 0.0842. The van der Waals surface area contributed by atoms with Crippen molar-refractivity contribution in [3.05, 3.63) is 63.7 Å². The summed E-state index contributed by atoms with van der Waals surface area (Å²) in [6, 6.07) is 11.9. The van der Waals surface area contributed by atoms with E-state index in [1.807, 2.05) is 0 Å². The van der Waals surface area contributed by atoms with Crippen molar-refractivity contribution in [2.75, 3.05) is 12.4 Å². The molecule has 6 heteroatoms. The fourth-order valence-electron chi connectivity index (χ4n) is 2.05. The number of para-hydroxylation sites is 1. The number of nitrogens with one attached hydrogen (secondary N) is 1. The molecule has 0 bridgehead atoms. The zero-order chi connectivity index (χ0) is 15.2. The van der Waals surface area contributed by atoms with Crippen molar-refractivity contribution in [1.82, 2.24) is 0 Å². The van der Waals surface area contributed by atoms with Crippen molar-refractivity contribution >= 4 is 11.4 Å². The summed E-state index contributed by atoms with van der Waals surface area (Å²) in [4.78, 5) is 10.5. The van der Waals surface area contributed by atoms with Crippen LogP contribution in [0.1, 0.15) is 11.1 Å². The van der Waals surface area contributed by atoms with E-state index in [2.05, 4.69) is 5.32 Å². The van der Waals surface area contributed by atoms with Crippen molar-refractivity contribution in [3.63, 3.8) is 0 Å². The summed E-state index contributed by atoms with van der Waals surface area (Å²) in [5.41, 5.74) is 2.10. The maximum absolute atomic E-state index is 10.9. The number of anilines is 1. The Balaban J connectivity index is 2.15. The highest BCUT2D eigenvalue weighted by Gasteiger charge is 2.12. The molecule has 0 aromatic heterocycles. The third-order valence-electron chi connectivity index (χ3n) is 3.12. The molecule has 0 amide bonds. The maximum Gasteiger partial charge on any atom is 0.274 e. The molecule has 2 aromatic carbocycles. The van der Waals surface area contributed by atoms with Crippen LogP contribution in [0.4, 0.5) is 11.4 Å². The van der Waals surface area contributed by atoms with Gasteiger partial charge in [-0.1, -0.05) is 18.2 Å². The highest BCUT2D eigenvalue weighted by Crippen LogP contribution is 2.24. The average molecular weight is 288 g/mol. The fraction of sp³-hybridized carbons (Fsp3) is 0.200. The zero-order valence-electron chi connectivity index (χ0n) is 11.6. The first-order chi connectivity index (χ1) is 10.2. The van der Waals surface area contributed by atoms with Gasteiger partial charge in [0.05, 0.1) is 18.6 Å². The number of nitrogens with zero attached hydrogens (tertiary/aromatic N) is 1. The van der Waals surface area contributed by atoms with Gasteiger partial charge in [-0.15, -0.1) is 0 Å². The molecule has 0 heterocycles. The summed E-state index contributed by atoms with van der Waals surface area (Å²) in [7, 11) is 1.54. The monoisotopic (exact) mass is 288 g/mol. The predicted molar refractivity (Wildman–Crippen MR) is 79.3 cm³/mol. The molecule has 0 unspecified atom stereocenters. The third-order valence-corrected chi connectivity index (χ3v) is 3.12. The van der Waals surface area contributed by atoms with Gasteiger partial charge < -0.3 is 15.2 Å². The highest BCUT2D eigenvalue weighted by molar-refractivity contribution is 5.52. The number of nitro groups is 1. The van der Waals surface area contributed by atoms with Crippen LogP contribution in [0.15, 0.2) is 42.5 Å². The van der Waals surface area contributed by atoms with Crippen LogP contribution >= 0.6 is 0 Å². The number of hydrogen-bond acceptors (Lipinski definition) is 5. The maximum atomic E-state index is 10.9. The molecule has 0 aliphatic heterocycles. The van der Waals surface area contributed by atoms with Crippen LogP contribution < -0.4 is 10.1 Å². The summed E-state index contributed by atoms with van der Waals surface area (Å²) in [5, 5.41) is 23.3. The third kappa shape index (κ3) is 3.49. The second-order valence-corrected chi connectivity index (χ2v) is 4.42. The summed E-state index contributed by atoms with van der Waals surface area (Å²) >= 11 is 0. The molecule has 0 saturated carbocycles. The number of hydrogen-bond donors (Lipinski definition) is 2. The van der Waals surface area contributed by atoms with E-state index in [1.54, 1.807) is 36.4 Å². The Hall–Kier alpha value is -2.60. The van der Waals surface area contributed by atoms with E-state index in [4.69, 9.17) is 4.74 Å². The molecule has 2 aromatic rings. The Morgan fingerprint density at radius 1 is 1.24 bits per heavy atom. The quantitative estimate of drug-likeness (QED) is 0.630. The number of aliphatic hydroxyl groups is 1. The lowest BCUT2D eigenvalue weighted by Gasteiger charge is -2.11. The first-order valence-corrected chi connectivity index (χ1v) is 6.39. The van der Waals surface area contributed by atoms with Gasteiger partial charge in [0.15, 0.2) is 0 Å². The lowest BCUT2D eigenvalue weighted by atomic mass is 10.1. The number of rotatable bonds is 6. The summed E-state index contributed by atoms with van der Waals surface area (Å²) < 4.78 is 5.13.